The Bertz CT molecular complexity index is 1310. The summed E-state index contributed by atoms with van der Waals surface area (Å²) in [5.74, 6) is 0.813. The monoisotopic (exact) mass is 515 g/mol. The van der Waals surface area contributed by atoms with Crippen LogP contribution in [-0.4, -0.2) is 64.2 Å². The third-order valence-electron chi connectivity index (χ3n) is 7.54. The van der Waals surface area contributed by atoms with E-state index in [1.807, 2.05) is 61.3 Å². The molecule has 0 saturated carbocycles. The highest BCUT2D eigenvalue weighted by atomic mass is 16.2. The van der Waals surface area contributed by atoms with E-state index in [0.717, 1.165) is 66.6 Å². The van der Waals surface area contributed by atoms with Crippen molar-refractivity contribution in [2.24, 2.45) is 7.05 Å². The van der Waals surface area contributed by atoms with Gasteiger partial charge in [0.25, 0.3) is 5.91 Å². The maximum atomic E-state index is 13.8. The number of benzene rings is 2. The van der Waals surface area contributed by atoms with Crippen LogP contribution in [0.5, 0.6) is 0 Å². The number of amides is 3. The zero-order chi connectivity index (χ0) is 26.6. The molecule has 0 atom stereocenters. The minimum atomic E-state index is -0.0735. The third kappa shape index (κ3) is 5.38. The van der Waals surface area contributed by atoms with Gasteiger partial charge in [-0.2, -0.15) is 5.10 Å². The molecule has 0 bridgehead atoms. The summed E-state index contributed by atoms with van der Waals surface area (Å²) in [6.45, 7) is 9.54. The Hall–Kier alpha value is -3.85. The Morgan fingerprint density at radius 2 is 1.87 bits per heavy atom. The molecule has 5 rings (SSSR count). The summed E-state index contributed by atoms with van der Waals surface area (Å²) >= 11 is 0. The lowest BCUT2D eigenvalue weighted by atomic mass is 10.0. The second-order valence-electron chi connectivity index (χ2n) is 10.2. The van der Waals surface area contributed by atoms with Crippen molar-refractivity contribution in [2.75, 3.05) is 42.9 Å². The summed E-state index contributed by atoms with van der Waals surface area (Å²) < 4.78 is 1.79. The molecule has 9 nitrogen and oxygen atoms in total. The number of anilines is 3. The van der Waals surface area contributed by atoms with Crippen LogP contribution in [0.4, 0.5) is 22.0 Å². The smallest absolute Gasteiger partial charge is 0.317 e. The number of rotatable bonds is 6. The average molecular weight is 516 g/mol. The van der Waals surface area contributed by atoms with Crippen molar-refractivity contribution in [3.8, 4) is 0 Å². The van der Waals surface area contributed by atoms with Gasteiger partial charge in [-0.3, -0.25) is 14.4 Å². The van der Waals surface area contributed by atoms with Crippen LogP contribution in [0.3, 0.4) is 0 Å². The lowest BCUT2D eigenvalue weighted by Crippen LogP contribution is -2.51. The molecule has 0 radical (unpaired) electrons. The fraction of sp³-hybridized carbons (Fsp3) is 0.414. The molecule has 2 N–H and O–H groups in total. The van der Waals surface area contributed by atoms with Gasteiger partial charge in [-0.05, 0) is 55.3 Å². The number of carbonyl (C=O) groups is 2. The summed E-state index contributed by atoms with van der Waals surface area (Å²) in [6.07, 6.45) is 4.20. The molecule has 9 heteroatoms. The van der Waals surface area contributed by atoms with Gasteiger partial charge in [0, 0.05) is 50.9 Å². The van der Waals surface area contributed by atoms with E-state index >= 15 is 0 Å². The molecular formula is C29H37N7O2. The Morgan fingerprint density at radius 1 is 1.08 bits per heavy atom. The fourth-order valence-electron chi connectivity index (χ4n) is 5.16. The second-order valence-corrected chi connectivity index (χ2v) is 10.2. The van der Waals surface area contributed by atoms with Crippen LogP contribution in [0, 0.1) is 6.92 Å². The number of urea groups is 1. The lowest BCUT2D eigenvalue weighted by molar-refractivity contribution is 0.0985. The molecule has 2 aliphatic rings. The Kier molecular flexibility index (Phi) is 7.64. The first-order valence-electron chi connectivity index (χ1n) is 13.5. The van der Waals surface area contributed by atoms with Crippen LogP contribution < -0.4 is 15.5 Å². The van der Waals surface area contributed by atoms with Crippen molar-refractivity contribution in [1.29, 1.82) is 0 Å². The molecule has 200 valence electrons. The molecule has 0 spiro atoms. The first-order chi connectivity index (χ1) is 18.4. The second kappa shape index (κ2) is 11.3. The van der Waals surface area contributed by atoms with Crippen LogP contribution in [0.25, 0.3) is 0 Å². The summed E-state index contributed by atoms with van der Waals surface area (Å²) in [4.78, 5) is 32.6. The quantitative estimate of drug-likeness (QED) is 0.512. The first-order valence-corrected chi connectivity index (χ1v) is 13.5. The number of hydrogen-bond donors (Lipinski definition) is 2. The molecule has 1 saturated heterocycles. The molecule has 2 aliphatic heterocycles. The molecular weight excluding hydrogens is 478 g/mol. The molecule has 3 heterocycles. The Morgan fingerprint density at radius 3 is 2.63 bits per heavy atom. The zero-order valence-corrected chi connectivity index (χ0v) is 22.5. The van der Waals surface area contributed by atoms with E-state index in [0.29, 0.717) is 18.7 Å². The number of unbranched alkanes of at least 4 members (excludes halogenated alkanes) is 1. The molecule has 3 amide bonds. The number of aryl methyl sites for hydroxylation is 2. The molecule has 1 fully saturated rings. The molecule has 2 aromatic carbocycles. The topological polar surface area (TPSA) is 85.7 Å². The van der Waals surface area contributed by atoms with Crippen LogP contribution in [0.1, 0.15) is 46.8 Å². The number of nitrogens with one attached hydrogen (secondary N) is 2. The fourth-order valence-corrected chi connectivity index (χ4v) is 5.16. The van der Waals surface area contributed by atoms with Crippen molar-refractivity contribution >= 4 is 29.1 Å². The van der Waals surface area contributed by atoms with Crippen molar-refractivity contribution < 1.29 is 9.59 Å². The zero-order valence-electron chi connectivity index (χ0n) is 22.5. The van der Waals surface area contributed by atoms with E-state index in [9.17, 15) is 9.59 Å². The normalized spacial score (nSPS) is 15.3. The van der Waals surface area contributed by atoms with Gasteiger partial charge in [0.05, 0.1) is 24.1 Å². The highest BCUT2D eigenvalue weighted by Crippen LogP contribution is 2.36. The van der Waals surface area contributed by atoms with Crippen molar-refractivity contribution in [3.63, 3.8) is 0 Å². The van der Waals surface area contributed by atoms with Gasteiger partial charge >= 0.3 is 6.03 Å². The van der Waals surface area contributed by atoms with Gasteiger partial charge in [-0.25, -0.2) is 4.79 Å². The number of hydrogen-bond acceptors (Lipinski definition) is 5. The molecule has 0 unspecified atom stereocenters. The number of piperazine rings is 1. The van der Waals surface area contributed by atoms with E-state index in [-0.39, 0.29) is 11.9 Å². The van der Waals surface area contributed by atoms with Gasteiger partial charge < -0.3 is 20.4 Å². The number of carbonyl (C=O) groups excluding carboxylic acids is 2. The third-order valence-corrected chi connectivity index (χ3v) is 7.54. The number of nitrogens with zero attached hydrogens (tertiary/aromatic N) is 5. The largest absolute Gasteiger partial charge is 0.338 e. The summed E-state index contributed by atoms with van der Waals surface area (Å²) in [5, 5.41) is 10.9. The highest BCUT2D eigenvalue weighted by Gasteiger charge is 2.27. The predicted octanol–water partition coefficient (Wildman–Crippen LogP) is 4.26. The Labute approximate surface area is 224 Å². The van der Waals surface area contributed by atoms with Crippen molar-refractivity contribution in [3.05, 3.63) is 70.9 Å². The minimum Gasteiger partial charge on any atom is -0.338 e. The lowest BCUT2D eigenvalue weighted by Gasteiger charge is -2.34. The molecule has 1 aromatic heterocycles. The van der Waals surface area contributed by atoms with Crippen LogP contribution in [0.2, 0.25) is 0 Å². The van der Waals surface area contributed by atoms with Gasteiger partial charge in [-0.15, -0.1) is 0 Å². The van der Waals surface area contributed by atoms with E-state index < -0.39 is 0 Å². The SMILES string of the molecule is CCCCN1CCN(C(=O)NCc2ccc(C(=O)N3Cc4cnn(C)c4Nc4ccccc43)cc2C)CC1. The van der Waals surface area contributed by atoms with E-state index in [1.54, 1.807) is 15.8 Å². The molecule has 0 aliphatic carbocycles. The van der Waals surface area contributed by atoms with Gasteiger partial charge in [0.1, 0.15) is 5.82 Å². The van der Waals surface area contributed by atoms with E-state index in [1.165, 1.54) is 12.8 Å². The molecule has 3 aromatic rings. The van der Waals surface area contributed by atoms with E-state index in [4.69, 9.17) is 0 Å². The Balaban J connectivity index is 1.25. The maximum absolute atomic E-state index is 13.8. The van der Waals surface area contributed by atoms with E-state index in [2.05, 4.69) is 27.6 Å². The van der Waals surface area contributed by atoms with Gasteiger partial charge in [0.15, 0.2) is 0 Å². The van der Waals surface area contributed by atoms with Crippen molar-refractivity contribution in [1.82, 2.24) is 24.9 Å². The number of para-hydroxylation sites is 2. The number of fused-ring (bicyclic) bond motifs is 2. The van der Waals surface area contributed by atoms with Crippen LogP contribution in [0.15, 0.2) is 48.7 Å². The minimum absolute atomic E-state index is 0.0272. The van der Waals surface area contributed by atoms with Crippen LogP contribution in [-0.2, 0) is 20.1 Å². The highest BCUT2D eigenvalue weighted by molar-refractivity contribution is 6.08. The maximum Gasteiger partial charge on any atom is 0.317 e. The number of aromatic nitrogens is 2. The van der Waals surface area contributed by atoms with Crippen molar-refractivity contribution in [2.45, 2.75) is 39.8 Å². The van der Waals surface area contributed by atoms with Gasteiger partial charge in [0.2, 0.25) is 0 Å². The standard InChI is InChI=1S/C29H37N7O2/c1-4-5-12-34-13-15-35(16-14-34)29(38)30-18-23-11-10-22(17-21(23)2)28(37)36-20-24-19-31-33(3)27(24)32-25-8-6-7-9-26(25)36/h6-11,17,19,32H,4-5,12-16,18,20H2,1-3H3,(H,30,38). The summed E-state index contributed by atoms with van der Waals surface area (Å²) in [5.41, 5.74) is 5.25. The summed E-state index contributed by atoms with van der Waals surface area (Å²) in [6, 6.07) is 13.5. The average Bonchev–Trinajstić information content (AvgIpc) is 3.18. The summed E-state index contributed by atoms with van der Waals surface area (Å²) in [7, 11) is 1.89. The predicted molar refractivity (Wildman–Crippen MR) is 150 cm³/mol. The first kappa shape index (κ1) is 25.8. The molecule has 38 heavy (non-hydrogen) atoms. The van der Waals surface area contributed by atoms with Gasteiger partial charge in [-0.1, -0.05) is 31.5 Å². The van der Waals surface area contributed by atoms with Crippen LogP contribution >= 0.6 is 0 Å².